The Hall–Kier alpha value is -1.96. The molecule has 0 unspecified atom stereocenters. The quantitative estimate of drug-likeness (QED) is 0.781. The minimum Gasteiger partial charge on any atom is -0.360 e. The lowest BCUT2D eigenvalue weighted by molar-refractivity contribution is -0.184. The number of carbonyl (C=O) groups excluding carboxylic acids is 1. The van der Waals surface area contributed by atoms with Gasteiger partial charge in [0.1, 0.15) is 5.76 Å². The molecule has 0 aromatic carbocycles. The predicted molar refractivity (Wildman–Crippen MR) is 94.7 cm³/mol. The molecule has 2 fully saturated rings. The second-order valence-electron chi connectivity index (χ2n) is 7.22. The van der Waals surface area contributed by atoms with E-state index in [1.165, 1.54) is 0 Å². The van der Waals surface area contributed by atoms with Crippen LogP contribution in [0.3, 0.4) is 0 Å². The number of hydrogen-bond donors (Lipinski definition) is 0. The first-order valence-electron chi connectivity index (χ1n) is 9.13. The Balaban J connectivity index is 1.46. The average Bonchev–Trinajstić information content (AvgIpc) is 3.31. The molecule has 0 atom stereocenters. The first-order chi connectivity index (χ1) is 12.5. The van der Waals surface area contributed by atoms with Crippen LogP contribution in [0.4, 0.5) is 0 Å². The molecular weight excluding hydrogens is 334 g/mol. The second kappa shape index (κ2) is 6.64. The average molecular weight is 359 g/mol. The molecular formula is C19H25N3O4. The Morgan fingerprint density at radius 3 is 2.46 bits per heavy atom. The third-order valence-electron chi connectivity index (χ3n) is 5.37. The molecule has 7 heteroatoms. The number of ether oxygens (including phenoxy) is 2. The first kappa shape index (κ1) is 17.5. The van der Waals surface area contributed by atoms with Crippen molar-refractivity contribution in [2.75, 3.05) is 32.8 Å². The van der Waals surface area contributed by atoms with Crippen molar-refractivity contribution >= 4 is 5.78 Å². The highest BCUT2D eigenvalue weighted by atomic mass is 16.7. The summed E-state index contributed by atoms with van der Waals surface area (Å²) in [7, 11) is 0. The van der Waals surface area contributed by atoms with Gasteiger partial charge in [-0.15, -0.1) is 0 Å². The van der Waals surface area contributed by atoms with Gasteiger partial charge < -0.3 is 14.0 Å². The van der Waals surface area contributed by atoms with Crippen molar-refractivity contribution < 1.29 is 18.8 Å². The molecule has 2 aromatic rings. The van der Waals surface area contributed by atoms with Gasteiger partial charge in [-0.05, 0) is 26.8 Å². The third kappa shape index (κ3) is 3.11. The van der Waals surface area contributed by atoms with Gasteiger partial charge in [-0.1, -0.05) is 5.16 Å². The summed E-state index contributed by atoms with van der Waals surface area (Å²) in [6.07, 6.45) is 1.63. The van der Waals surface area contributed by atoms with E-state index in [0.29, 0.717) is 25.6 Å². The summed E-state index contributed by atoms with van der Waals surface area (Å²) < 4.78 is 18.7. The molecule has 2 aliphatic rings. The fraction of sp³-hybridized carbons (Fsp3) is 0.579. The minimum atomic E-state index is -0.403. The zero-order valence-electron chi connectivity index (χ0n) is 15.6. The Bertz CT molecular complexity index is 807. The first-order valence-corrected chi connectivity index (χ1v) is 9.13. The van der Waals surface area contributed by atoms with E-state index in [2.05, 4.69) is 10.1 Å². The lowest BCUT2D eigenvalue weighted by Gasteiger charge is -2.37. The largest absolute Gasteiger partial charge is 0.360 e. The van der Waals surface area contributed by atoms with Crippen LogP contribution in [0.15, 0.2) is 16.7 Å². The minimum absolute atomic E-state index is 0.133. The van der Waals surface area contributed by atoms with Gasteiger partial charge in [0.25, 0.3) is 0 Å². The summed E-state index contributed by atoms with van der Waals surface area (Å²) in [4.78, 5) is 15.1. The molecule has 26 heavy (non-hydrogen) atoms. The van der Waals surface area contributed by atoms with E-state index < -0.39 is 5.79 Å². The molecule has 0 amide bonds. The van der Waals surface area contributed by atoms with Gasteiger partial charge in [-0.3, -0.25) is 14.3 Å². The molecule has 7 nitrogen and oxygen atoms in total. The molecule has 4 heterocycles. The van der Waals surface area contributed by atoms with E-state index in [-0.39, 0.29) is 5.78 Å². The van der Waals surface area contributed by atoms with Crippen LogP contribution >= 0.6 is 0 Å². The molecule has 2 aromatic heterocycles. The Morgan fingerprint density at radius 1 is 1.15 bits per heavy atom. The molecule has 2 saturated heterocycles. The topological polar surface area (TPSA) is 69.7 Å². The number of ketones is 1. The zero-order chi connectivity index (χ0) is 18.3. The number of likely N-dealkylation sites (tertiary alicyclic amines) is 1. The normalized spacial score (nSPS) is 20.1. The summed E-state index contributed by atoms with van der Waals surface area (Å²) in [5.41, 5.74) is 2.62. The SMILES string of the molecule is Cc1cc(-n2c(C)cc(C(=O)CN3CCC4(CC3)OCCO4)c2C)no1. The van der Waals surface area contributed by atoms with Crippen LogP contribution in [-0.2, 0) is 9.47 Å². The summed E-state index contributed by atoms with van der Waals surface area (Å²) in [6, 6.07) is 3.82. The molecule has 0 saturated carbocycles. The Morgan fingerprint density at radius 2 is 1.85 bits per heavy atom. The summed E-state index contributed by atoms with van der Waals surface area (Å²) in [5.74, 6) is 1.19. The number of nitrogens with zero attached hydrogens (tertiary/aromatic N) is 3. The van der Waals surface area contributed by atoms with E-state index in [1.54, 1.807) is 0 Å². The summed E-state index contributed by atoms with van der Waals surface area (Å²) in [6.45, 7) is 9.18. The monoisotopic (exact) mass is 359 g/mol. The van der Waals surface area contributed by atoms with Crippen LogP contribution in [0.25, 0.3) is 5.82 Å². The standard InChI is InChI=1S/C19H25N3O4/c1-13-10-16(15(3)22(13)18-11-14(2)26-20-18)17(23)12-21-6-4-19(5-7-21)24-8-9-25-19/h10-11H,4-9,12H2,1-3H3. The number of hydrogen-bond acceptors (Lipinski definition) is 6. The maximum absolute atomic E-state index is 12.9. The van der Waals surface area contributed by atoms with E-state index in [0.717, 1.165) is 48.6 Å². The van der Waals surface area contributed by atoms with Crippen molar-refractivity contribution in [3.8, 4) is 5.82 Å². The van der Waals surface area contributed by atoms with Gasteiger partial charge in [0, 0.05) is 48.9 Å². The number of carbonyl (C=O) groups is 1. The lowest BCUT2D eigenvalue weighted by Crippen LogP contribution is -2.46. The molecule has 0 aliphatic carbocycles. The van der Waals surface area contributed by atoms with E-state index in [9.17, 15) is 4.79 Å². The predicted octanol–water partition coefficient (Wildman–Crippen LogP) is 2.41. The van der Waals surface area contributed by atoms with Gasteiger partial charge >= 0.3 is 0 Å². The molecule has 1 spiro atoms. The number of aromatic nitrogens is 2. The van der Waals surface area contributed by atoms with Gasteiger partial charge in [-0.2, -0.15) is 0 Å². The maximum atomic E-state index is 12.9. The summed E-state index contributed by atoms with van der Waals surface area (Å²) in [5, 5.41) is 4.08. The van der Waals surface area contributed by atoms with E-state index in [4.69, 9.17) is 14.0 Å². The Kier molecular flexibility index (Phi) is 4.46. The van der Waals surface area contributed by atoms with Crippen molar-refractivity contribution in [3.05, 3.63) is 34.8 Å². The number of rotatable bonds is 4. The van der Waals surface area contributed by atoms with Crippen LogP contribution in [0.2, 0.25) is 0 Å². The fourth-order valence-corrected chi connectivity index (χ4v) is 3.98. The van der Waals surface area contributed by atoms with Crippen LogP contribution in [0.5, 0.6) is 0 Å². The smallest absolute Gasteiger partial charge is 0.180 e. The summed E-state index contributed by atoms with van der Waals surface area (Å²) >= 11 is 0. The Labute approximate surface area is 152 Å². The fourth-order valence-electron chi connectivity index (χ4n) is 3.98. The van der Waals surface area contributed by atoms with Gasteiger partial charge in [0.2, 0.25) is 0 Å². The van der Waals surface area contributed by atoms with Gasteiger partial charge in [0.15, 0.2) is 17.4 Å². The number of Topliss-reactive ketones (excluding diaryl/α,β-unsaturated/α-hetero) is 1. The third-order valence-corrected chi connectivity index (χ3v) is 5.37. The highest BCUT2D eigenvalue weighted by molar-refractivity contribution is 5.99. The van der Waals surface area contributed by atoms with E-state index in [1.807, 2.05) is 37.5 Å². The van der Waals surface area contributed by atoms with E-state index >= 15 is 0 Å². The molecule has 2 aliphatic heterocycles. The van der Waals surface area contributed by atoms with Crippen LogP contribution in [-0.4, -0.2) is 59.0 Å². The number of piperidine rings is 1. The molecule has 0 radical (unpaired) electrons. The number of aryl methyl sites for hydroxylation is 2. The van der Waals surface area contributed by atoms with Crippen LogP contribution in [0, 0.1) is 20.8 Å². The molecule has 4 rings (SSSR count). The molecule has 0 N–H and O–H groups in total. The highest BCUT2D eigenvalue weighted by Gasteiger charge is 2.40. The van der Waals surface area contributed by atoms with Crippen LogP contribution < -0.4 is 0 Å². The second-order valence-corrected chi connectivity index (χ2v) is 7.22. The van der Waals surface area contributed by atoms with Crippen molar-refractivity contribution in [1.82, 2.24) is 14.6 Å². The van der Waals surface area contributed by atoms with Crippen molar-refractivity contribution in [2.45, 2.75) is 39.4 Å². The van der Waals surface area contributed by atoms with Crippen molar-refractivity contribution in [3.63, 3.8) is 0 Å². The lowest BCUT2D eigenvalue weighted by atomic mass is 10.0. The van der Waals surface area contributed by atoms with Gasteiger partial charge in [-0.25, -0.2) is 0 Å². The van der Waals surface area contributed by atoms with Crippen molar-refractivity contribution in [1.29, 1.82) is 0 Å². The molecule has 140 valence electrons. The van der Waals surface area contributed by atoms with Crippen LogP contribution in [0.1, 0.15) is 40.3 Å². The maximum Gasteiger partial charge on any atom is 0.180 e. The highest BCUT2D eigenvalue weighted by Crippen LogP contribution is 2.31. The van der Waals surface area contributed by atoms with Crippen molar-refractivity contribution in [2.24, 2.45) is 0 Å². The zero-order valence-corrected chi connectivity index (χ0v) is 15.6. The van der Waals surface area contributed by atoms with Gasteiger partial charge in [0.05, 0.1) is 19.8 Å². The molecule has 0 bridgehead atoms.